The Kier molecular flexibility index (Phi) is 6.19. The standard InChI is InChI=1S/C20H18N2O3S2/c1-26-14-7-5-13(6-8-14)18(23)11-25-20(24)15-9-17(12-3-4-12)22-19(27-2)16(15)10-21/h5-9,12H,3-4,11H2,1-2H3. The van der Waals surface area contributed by atoms with Gasteiger partial charge < -0.3 is 4.74 Å². The molecule has 0 N–H and O–H groups in total. The molecule has 1 heterocycles. The van der Waals surface area contributed by atoms with Crippen LogP contribution in [0.3, 0.4) is 0 Å². The molecule has 0 saturated heterocycles. The van der Waals surface area contributed by atoms with Crippen molar-refractivity contribution in [3.05, 3.63) is 52.7 Å². The molecule has 5 nitrogen and oxygen atoms in total. The van der Waals surface area contributed by atoms with E-state index in [1.165, 1.54) is 11.8 Å². The van der Waals surface area contributed by atoms with E-state index in [1.54, 1.807) is 30.0 Å². The van der Waals surface area contributed by atoms with E-state index >= 15 is 0 Å². The Hall–Kier alpha value is -2.30. The number of hydrogen-bond acceptors (Lipinski definition) is 7. The Morgan fingerprint density at radius 2 is 1.93 bits per heavy atom. The van der Waals surface area contributed by atoms with Gasteiger partial charge in [0.05, 0.1) is 11.1 Å². The first kappa shape index (κ1) is 19.5. The smallest absolute Gasteiger partial charge is 0.340 e. The molecule has 1 aromatic heterocycles. The first-order chi connectivity index (χ1) is 13.1. The number of thioether (sulfide) groups is 2. The van der Waals surface area contributed by atoms with E-state index in [0.717, 1.165) is 23.4 Å². The maximum Gasteiger partial charge on any atom is 0.340 e. The second-order valence-corrected chi connectivity index (χ2v) is 7.77. The second kappa shape index (κ2) is 8.59. The molecular weight excluding hydrogens is 380 g/mol. The zero-order chi connectivity index (χ0) is 19.4. The van der Waals surface area contributed by atoms with Crippen LogP contribution >= 0.6 is 23.5 Å². The van der Waals surface area contributed by atoms with Crippen molar-refractivity contribution in [3.63, 3.8) is 0 Å². The minimum Gasteiger partial charge on any atom is -0.454 e. The molecule has 1 aliphatic rings. The van der Waals surface area contributed by atoms with Gasteiger partial charge in [-0.1, -0.05) is 12.1 Å². The number of ether oxygens (including phenoxy) is 1. The van der Waals surface area contributed by atoms with Crippen molar-refractivity contribution in [2.45, 2.75) is 28.7 Å². The molecule has 0 spiro atoms. The summed E-state index contributed by atoms with van der Waals surface area (Å²) >= 11 is 2.91. The lowest BCUT2D eigenvalue weighted by Crippen LogP contribution is -2.16. The predicted octanol–water partition coefficient (Wildman–Crippen LogP) is 4.31. The summed E-state index contributed by atoms with van der Waals surface area (Å²) in [5, 5.41) is 9.97. The first-order valence-electron chi connectivity index (χ1n) is 8.40. The van der Waals surface area contributed by atoms with Crippen LogP contribution in [0.2, 0.25) is 0 Å². The lowest BCUT2D eigenvalue weighted by molar-refractivity contribution is 0.0474. The molecule has 138 valence electrons. The van der Waals surface area contributed by atoms with Gasteiger partial charge in [0.25, 0.3) is 0 Å². The van der Waals surface area contributed by atoms with Gasteiger partial charge in [0, 0.05) is 22.1 Å². The molecule has 0 unspecified atom stereocenters. The Morgan fingerprint density at radius 1 is 1.22 bits per heavy atom. The summed E-state index contributed by atoms with van der Waals surface area (Å²) in [6.45, 7) is -0.363. The highest BCUT2D eigenvalue weighted by molar-refractivity contribution is 7.98. The number of Topliss-reactive ketones (excluding diaryl/α,β-unsaturated/α-hetero) is 1. The lowest BCUT2D eigenvalue weighted by Gasteiger charge is -2.10. The van der Waals surface area contributed by atoms with Gasteiger partial charge in [-0.25, -0.2) is 9.78 Å². The minimum absolute atomic E-state index is 0.185. The second-order valence-electron chi connectivity index (χ2n) is 6.09. The Labute approximate surface area is 166 Å². The number of nitriles is 1. The minimum atomic E-state index is -0.666. The van der Waals surface area contributed by atoms with E-state index in [1.807, 2.05) is 30.7 Å². The third-order valence-electron chi connectivity index (χ3n) is 4.27. The molecule has 0 amide bonds. The Bertz CT molecular complexity index is 916. The molecule has 0 atom stereocenters. The number of carbonyl (C=O) groups is 2. The molecule has 0 bridgehead atoms. The number of hydrogen-bond donors (Lipinski definition) is 0. The molecule has 1 saturated carbocycles. The van der Waals surface area contributed by atoms with Crippen molar-refractivity contribution in [2.24, 2.45) is 0 Å². The monoisotopic (exact) mass is 398 g/mol. The van der Waals surface area contributed by atoms with E-state index in [-0.39, 0.29) is 23.5 Å². The molecule has 27 heavy (non-hydrogen) atoms. The third-order valence-corrected chi connectivity index (χ3v) is 5.70. The predicted molar refractivity (Wildman–Crippen MR) is 106 cm³/mol. The van der Waals surface area contributed by atoms with Gasteiger partial charge in [-0.15, -0.1) is 23.5 Å². The summed E-state index contributed by atoms with van der Waals surface area (Å²) in [5.41, 5.74) is 1.68. The van der Waals surface area contributed by atoms with Gasteiger partial charge in [-0.3, -0.25) is 4.79 Å². The Balaban J connectivity index is 1.76. The van der Waals surface area contributed by atoms with Crippen molar-refractivity contribution in [1.29, 1.82) is 5.26 Å². The summed E-state index contributed by atoms with van der Waals surface area (Å²) in [7, 11) is 0. The van der Waals surface area contributed by atoms with E-state index in [0.29, 0.717) is 16.5 Å². The molecule has 1 aromatic carbocycles. The van der Waals surface area contributed by atoms with Crippen molar-refractivity contribution >= 4 is 35.3 Å². The maximum atomic E-state index is 12.6. The highest BCUT2D eigenvalue weighted by Gasteiger charge is 2.29. The molecule has 2 aromatic rings. The van der Waals surface area contributed by atoms with Crippen LogP contribution in [-0.2, 0) is 4.74 Å². The van der Waals surface area contributed by atoms with E-state index in [9.17, 15) is 14.9 Å². The van der Waals surface area contributed by atoms with E-state index in [2.05, 4.69) is 4.98 Å². The molecule has 0 aliphatic heterocycles. The number of benzene rings is 1. The van der Waals surface area contributed by atoms with Crippen LogP contribution in [0.5, 0.6) is 0 Å². The van der Waals surface area contributed by atoms with Gasteiger partial charge in [0.2, 0.25) is 0 Å². The summed E-state index contributed by atoms with van der Waals surface area (Å²) < 4.78 is 5.22. The third kappa shape index (κ3) is 4.52. The van der Waals surface area contributed by atoms with Gasteiger partial charge in [0.15, 0.2) is 12.4 Å². The summed E-state index contributed by atoms with van der Waals surface area (Å²) in [6, 6.07) is 10.8. The lowest BCUT2D eigenvalue weighted by atomic mass is 10.1. The molecule has 1 aliphatic carbocycles. The van der Waals surface area contributed by atoms with Crippen molar-refractivity contribution < 1.29 is 14.3 Å². The normalized spacial score (nSPS) is 13.1. The average molecular weight is 399 g/mol. The number of esters is 1. The van der Waals surface area contributed by atoms with Crippen molar-refractivity contribution in [1.82, 2.24) is 4.98 Å². The SMILES string of the molecule is CSc1ccc(C(=O)COC(=O)c2cc(C3CC3)nc(SC)c2C#N)cc1. The molecular formula is C20H18N2O3S2. The summed E-state index contributed by atoms with van der Waals surface area (Å²) in [5.74, 6) is -0.608. The van der Waals surface area contributed by atoms with Crippen LogP contribution in [0.1, 0.15) is 50.7 Å². The van der Waals surface area contributed by atoms with Gasteiger partial charge in [-0.05, 0) is 43.6 Å². The fourth-order valence-corrected chi connectivity index (χ4v) is 3.58. The van der Waals surface area contributed by atoms with Crippen LogP contribution in [-0.4, -0.2) is 35.9 Å². The van der Waals surface area contributed by atoms with Crippen LogP contribution in [0.15, 0.2) is 40.3 Å². The topological polar surface area (TPSA) is 80.1 Å². The molecule has 0 radical (unpaired) electrons. The number of nitrogens with zero attached hydrogens (tertiary/aromatic N) is 2. The zero-order valence-electron chi connectivity index (χ0n) is 15.0. The zero-order valence-corrected chi connectivity index (χ0v) is 16.7. The van der Waals surface area contributed by atoms with Crippen molar-refractivity contribution in [2.75, 3.05) is 19.1 Å². The molecule has 3 rings (SSSR count). The number of carbonyl (C=O) groups excluding carboxylic acids is 2. The van der Waals surface area contributed by atoms with Crippen LogP contribution in [0.25, 0.3) is 0 Å². The molecule has 1 fully saturated rings. The highest BCUT2D eigenvalue weighted by Crippen LogP contribution is 2.40. The van der Waals surface area contributed by atoms with Crippen molar-refractivity contribution in [3.8, 4) is 6.07 Å². The highest BCUT2D eigenvalue weighted by atomic mass is 32.2. The Morgan fingerprint density at radius 3 is 2.48 bits per heavy atom. The number of ketones is 1. The fourth-order valence-electron chi connectivity index (χ4n) is 2.61. The van der Waals surface area contributed by atoms with E-state index < -0.39 is 5.97 Å². The first-order valence-corrected chi connectivity index (χ1v) is 10.9. The van der Waals surface area contributed by atoms with Crippen LogP contribution in [0, 0.1) is 11.3 Å². The largest absolute Gasteiger partial charge is 0.454 e. The number of rotatable bonds is 7. The maximum absolute atomic E-state index is 12.6. The number of pyridine rings is 1. The van der Waals surface area contributed by atoms with Gasteiger partial charge >= 0.3 is 5.97 Å². The summed E-state index contributed by atoms with van der Waals surface area (Å²) in [6.07, 6.45) is 5.84. The molecule has 7 heteroatoms. The fraction of sp³-hybridized carbons (Fsp3) is 0.300. The average Bonchev–Trinajstić information content (AvgIpc) is 3.56. The van der Waals surface area contributed by atoms with Gasteiger partial charge in [-0.2, -0.15) is 5.26 Å². The number of aromatic nitrogens is 1. The summed E-state index contributed by atoms with van der Waals surface area (Å²) in [4.78, 5) is 30.4. The van der Waals surface area contributed by atoms with Crippen LogP contribution < -0.4 is 0 Å². The van der Waals surface area contributed by atoms with E-state index in [4.69, 9.17) is 4.74 Å². The van der Waals surface area contributed by atoms with Gasteiger partial charge in [0.1, 0.15) is 11.1 Å². The van der Waals surface area contributed by atoms with Crippen LogP contribution in [0.4, 0.5) is 0 Å². The quantitative estimate of drug-likeness (QED) is 0.390.